The third-order valence-corrected chi connectivity index (χ3v) is 4.44. The highest BCUT2D eigenvalue weighted by Crippen LogP contribution is 2.37. The van der Waals surface area contributed by atoms with Crippen molar-refractivity contribution in [1.82, 2.24) is 4.90 Å². The number of imide groups is 1. The molecule has 114 valence electrons. The zero-order valence-electron chi connectivity index (χ0n) is 11.9. The molecule has 2 rings (SSSR count). The molecular weight excluding hydrogens is 370 g/mol. The van der Waals surface area contributed by atoms with Crippen LogP contribution in [0.5, 0.6) is 11.5 Å². The summed E-state index contributed by atoms with van der Waals surface area (Å²) in [5, 5.41) is -0.374. The van der Waals surface area contributed by atoms with Crippen LogP contribution in [0.25, 0.3) is 6.08 Å². The molecule has 0 unspecified atom stereocenters. The van der Waals surface area contributed by atoms with Crippen LogP contribution in [0, 0.1) is 12.3 Å². The first-order valence-corrected chi connectivity index (χ1v) is 7.73. The average Bonchev–Trinajstić information content (AvgIpc) is 2.75. The Morgan fingerprint density at radius 2 is 2.00 bits per heavy atom. The lowest BCUT2D eigenvalue weighted by molar-refractivity contribution is -0.122. The lowest BCUT2D eigenvalue weighted by atomic mass is 10.1. The summed E-state index contributed by atoms with van der Waals surface area (Å²) in [4.78, 5) is 25.3. The van der Waals surface area contributed by atoms with Crippen molar-refractivity contribution in [3.8, 4) is 23.8 Å². The molecule has 2 amide bonds. The summed E-state index contributed by atoms with van der Waals surface area (Å²) in [7, 11) is 3.06. The van der Waals surface area contributed by atoms with E-state index in [1.807, 2.05) is 0 Å². The van der Waals surface area contributed by atoms with Crippen molar-refractivity contribution >= 4 is 44.9 Å². The second-order valence-corrected chi connectivity index (χ2v) is 6.05. The quantitative estimate of drug-likeness (QED) is 0.592. The van der Waals surface area contributed by atoms with Gasteiger partial charge >= 0.3 is 0 Å². The van der Waals surface area contributed by atoms with E-state index in [1.54, 1.807) is 25.3 Å². The van der Waals surface area contributed by atoms with Gasteiger partial charge in [0.2, 0.25) is 0 Å². The van der Waals surface area contributed by atoms with Crippen LogP contribution < -0.4 is 9.47 Å². The number of halogens is 1. The van der Waals surface area contributed by atoms with Crippen LogP contribution in [0.2, 0.25) is 0 Å². The first-order valence-electron chi connectivity index (χ1n) is 6.12. The molecule has 1 fully saturated rings. The summed E-state index contributed by atoms with van der Waals surface area (Å²) in [5.74, 6) is 3.03. The molecule has 0 aliphatic carbocycles. The zero-order chi connectivity index (χ0) is 16.3. The van der Waals surface area contributed by atoms with Crippen LogP contribution in [-0.2, 0) is 4.79 Å². The monoisotopic (exact) mass is 381 g/mol. The SMILES string of the molecule is C#CCN1C(=O)SC(=Cc2cc(Br)c(OC)cc2OC)C1=O. The van der Waals surface area contributed by atoms with E-state index in [9.17, 15) is 9.59 Å². The Morgan fingerprint density at radius 1 is 1.32 bits per heavy atom. The molecule has 1 saturated heterocycles. The number of nitrogens with zero attached hydrogens (tertiary/aromatic N) is 1. The van der Waals surface area contributed by atoms with Gasteiger partial charge in [-0.2, -0.15) is 0 Å². The number of thioether (sulfide) groups is 1. The normalized spacial score (nSPS) is 16.1. The molecule has 0 N–H and O–H groups in total. The maximum atomic E-state index is 12.2. The van der Waals surface area contributed by atoms with Gasteiger partial charge in [0.15, 0.2) is 0 Å². The van der Waals surface area contributed by atoms with E-state index in [2.05, 4.69) is 21.9 Å². The molecule has 7 heteroatoms. The Kier molecular flexibility index (Phi) is 5.16. The highest BCUT2D eigenvalue weighted by atomic mass is 79.9. The Bertz CT molecular complexity index is 708. The fraction of sp³-hybridized carbons (Fsp3) is 0.200. The Morgan fingerprint density at radius 3 is 2.59 bits per heavy atom. The fourth-order valence-electron chi connectivity index (χ4n) is 1.86. The van der Waals surface area contributed by atoms with Crippen molar-refractivity contribution in [2.45, 2.75) is 0 Å². The number of methoxy groups -OCH3 is 2. The second-order valence-electron chi connectivity index (χ2n) is 4.20. The average molecular weight is 382 g/mol. The topological polar surface area (TPSA) is 55.8 Å². The highest BCUT2D eigenvalue weighted by Gasteiger charge is 2.34. The van der Waals surface area contributed by atoms with Crippen LogP contribution >= 0.6 is 27.7 Å². The van der Waals surface area contributed by atoms with Gasteiger partial charge in [-0.15, -0.1) is 6.42 Å². The first-order chi connectivity index (χ1) is 10.5. The van der Waals surface area contributed by atoms with Crippen molar-refractivity contribution in [2.24, 2.45) is 0 Å². The number of rotatable bonds is 4. The van der Waals surface area contributed by atoms with Crippen LogP contribution in [-0.4, -0.2) is 36.8 Å². The van der Waals surface area contributed by atoms with Gasteiger partial charge in [0.25, 0.3) is 11.1 Å². The predicted octanol–water partition coefficient (Wildman–Crippen LogP) is 3.14. The smallest absolute Gasteiger partial charge is 0.294 e. The summed E-state index contributed by atoms with van der Waals surface area (Å²) in [6.07, 6.45) is 6.76. The first kappa shape index (κ1) is 16.5. The van der Waals surface area contributed by atoms with Crippen molar-refractivity contribution in [1.29, 1.82) is 0 Å². The highest BCUT2D eigenvalue weighted by molar-refractivity contribution is 9.10. The molecule has 0 atom stereocenters. The molecule has 1 heterocycles. The van der Waals surface area contributed by atoms with Crippen LogP contribution in [0.15, 0.2) is 21.5 Å². The maximum Gasteiger partial charge on any atom is 0.294 e. The third-order valence-electron chi connectivity index (χ3n) is 2.91. The summed E-state index contributed by atoms with van der Waals surface area (Å²) >= 11 is 4.23. The summed E-state index contributed by atoms with van der Waals surface area (Å²) in [6.45, 7) is -0.0363. The maximum absolute atomic E-state index is 12.2. The van der Waals surface area contributed by atoms with Crippen LogP contribution in [0.4, 0.5) is 4.79 Å². The number of terminal acetylenes is 1. The predicted molar refractivity (Wildman–Crippen MR) is 88.8 cm³/mol. The number of benzene rings is 1. The third kappa shape index (κ3) is 3.13. The minimum atomic E-state index is -0.401. The molecule has 0 bridgehead atoms. The van der Waals surface area contributed by atoms with Crippen molar-refractivity contribution in [3.05, 3.63) is 27.1 Å². The van der Waals surface area contributed by atoms with Gasteiger partial charge in [0, 0.05) is 11.6 Å². The van der Waals surface area contributed by atoms with Gasteiger partial charge < -0.3 is 9.47 Å². The molecule has 0 saturated carbocycles. The van der Waals surface area contributed by atoms with E-state index in [0.29, 0.717) is 26.4 Å². The van der Waals surface area contributed by atoms with Crippen LogP contribution in [0.3, 0.4) is 0 Å². The van der Waals surface area contributed by atoms with Crippen LogP contribution in [0.1, 0.15) is 5.56 Å². The Balaban J connectivity index is 2.42. The molecule has 0 spiro atoms. The number of carbonyl (C=O) groups is 2. The Hall–Kier alpha value is -1.91. The van der Waals surface area contributed by atoms with E-state index in [0.717, 1.165) is 16.7 Å². The largest absolute Gasteiger partial charge is 0.496 e. The van der Waals surface area contributed by atoms with Gasteiger partial charge in [-0.3, -0.25) is 14.5 Å². The molecular formula is C15H12BrNO4S. The molecule has 0 aromatic heterocycles. The zero-order valence-corrected chi connectivity index (χ0v) is 14.3. The minimum Gasteiger partial charge on any atom is -0.496 e. The molecule has 5 nitrogen and oxygen atoms in total. The van der Waals surface area contributed by atoms with E-state index in [1.165, 1.54) is 7.11 Å². The van der Waals surface area contributed by atoms with E-state index in [4.69, 9.17) is 15.9 Å². The molecule has 1 aromatic carbocycles. The lowest BCUT2D eigenvalue weighted by Crippen LogP contribution is -2.28. The molecule has 22 heavy (non-hydrogen) atoms. The van der Waals surface area contributed by atoms with E-state index < -0.39 is 5.91 Å². The van der Waals surface area contributed by atoms with Gasteiger partial charge in [-0.05, 0) is 39.8 Å². The standard InChI is InChI=1S/C15H12BrNO4S/c1-4-5-17-14(18)13(22-15(17)19)7-9-6-10(16)12(21-3)8-11(9)20-2/h1,6-8H,5H2,2-3H3. The van der Waals surface area contributed by atoms with E-state index >= 15 is 0 Å². The molecule has 0 radical (unpaired) electrons. The molecule has 1 aromatic rings. The summed E-state index contributed by atoms with van der Waals surface area (Å²) in [5.41, 5.74) is 0.654. The van der Waals surface area contributed by atoms with Gasteiger partial charge in [-0.1, -0.05) is 5.92 Å². The van der Waals surface area contributed by atoms with Crippen molar-refractivity contribution < 1.29 is 19.1 Å². The number of amides is 2. The van der Waals surface area contributed by atoms with E-state index in [-0.39, 0.29) is 11.8 Å². The number of hydrogen-bond acceptors (Lipinski definition) is 5. The summed E-state index contributed by atoms with van der Waals surface area (Å²) < 4.78 is 11.2. The molecule has 1 aliphatic heterocycles. The lowest BCUT2D eigenvalue weighted by Gasteiger charge is -2.10. The Labute approximate surface area is 140 Å². The van der Waals surface area contributed by atoms with Crippen molar-refractivity contribution in [3.63, 3.8) is 0 Å². The van der Waals surface area contributed by atoms with Gasteiger partial charge in [-0.25, -0.2) is 0 Å². The number of hydrogen-bond donors (Lipinski definition) is 0. The molecule has 1 aliphatic rings. The van der Waals surface area contributed by atoms with Gasteiger partial charge in [0.1, 0.15) is 11.5 Å². The number of carbonyl (C=O) groups excluding carboxylic acids is 2. The fourth-order valence-corrected chi connectivity index (χ4v) is 3.22. The summed E-state index contributed by atoms with van der Waals surface area (Å²) in [6, 6.07) is 3.45. The number of ether oxygens (including phenoxy) is 2. The van der Waals surface area contributed by atoms with Crippen molar-refractivity contribution in [2.75, 3.05) is 20.8 Å². The second kappa shape index (κ2) is 6.90. The minimum absolute atomic E-state index is 0.0363. The van der Waals surface area contributed by atoms with Gasteiger partial charge in [0.05, 0.1) is 30.1 Å².